The van der Waals surface area contributed by atoms with Crippen LogP contribution < -0.4 is 10.1 Å². The van der Waals surface area contributed by atoms with E-state index in [0.717, 1.165) is 11.3 Å². The third-order valence-corrected chi connectivity index (χ3v) is 4.32. The van der Waals surface area contributed by atoms with Gasteiger partial charge in [0.25, 0.3) is 0 Å². The Morgan fingerprint density at radius 3 is 2.64 bits per heavy atom. The summed E-state index contributed by atoms with van der Waals surface area (Å²) in [6, 6.07) is 14.0. The molecule has 0 saturated carbocycles. The maximum Gasteiger partial charge on any atom is 0.322 e. The molecule has 0 bridgehead atoms. The average Bonchev–Trinajstić information content (AvgIpc) is 3.14. The van der Waals surface area contributed by atoms with Crippen molar-refractivity contribution in [3.63, 3.8) is 0 Å². The van der Waals surface area contributed by atoms with E-state index in [0.29, 0.717) is 22.4 Å². The lowest BCUT2D eigenvalue weighted by Crippen LogP contribution is -2.39. The number of anilines is 1. The van der Waals surface area contributed by atoms with Gasteiger partial charge in [-0.25, -0.2) is 4.79 Å². The first-order valence-corrected chi connectivity index (χ1v) is 9.14. The monoisotopic (exact) mass is 400 g/mol. The summed E-state index contributed by atoms with van der Waals surface area (Å²) < 4.78 is 10.5. The second-order valence-electron chi connectivity index (χ2n) is 6.40. The number of halogens is 1. The van der Waals surface area contributed by atoms with Crippen molar-refractivity contribution in [1.82, 2.24) is 15.0 Å². The first-order valence-electron chi connectivity index (χ1n) is 8.76. The number of carbonyl (C=O) groups excluding carboxylic acids is 1. The zero-order chi connectivity index (χ0) is 20.1. The predicted molar refractivity (Wildman–Crippen MR) is 107 cm³/mol. The molecule has 1 aromatic heterocycles. The lowest BCUT2D eigenvalue weighted by Gasteiger charge is -2.25. The molecular formula is C20H21ClN4O3. The molecule has 0 aliphatic rings. The molecule has 0 unspecified atom stereocenters. The summed E-state index contributed by atoms with van der Waals surface area (Å²) in [6.07, 6.45) is 0. The van der Waals surface area contributed by atoms with Crippen molar-refractivity contribution in [2.24, 2.45) is 0 Å². The minimum Gasteiger partial charge on any atom is -0.497 e. The summed E-state index contributed by atoms with van der Waals surface area (Å²) >= 11 is 5.97. The minimum atomic E-state index is -0.276. The Balaban J connectivity index is 1.72. The highest BCUT2D eigenvalue weighted by atomic mass is 35.5. The number of benzene rings is 2. The van der Waals surface area contributed by atoms with Gasteiger partial charge in [-0.05, 0) is 56.3 Å². The molecule has 0 fully saturated rings. The number of carbonyl (C=O) groups is 1. The van der Waals surface area contributed by atoms with Gasteiger partial charge in [0.1, 0.15) is 12.3 Å². The fraction of sp³-hybridized carbons (Fsp3) is 0.250. The second kappa shape index (κ2) is 8.75. The van der Waals surface area contributed by atoms with E-state index in [1.807, 2.05) is 38.1 Å². The topological polar surface area (TPSA) is 80.5 Å². The van der Waals surface area contributed by atoms with Crippen LogP contribution in [0, 0.1) is 0 Å². The van der Waals surface area contributed by atoms with E-state index in [4.69, 9.17) is 20.9 Å². The Hall–Kier alpha value is -3.06. The van der Waals surface area contributed by atoms with Crippen LogP contribution in [0.15, 0.2) is 53.1 Å². The van der Waals surface area contributed by atoms with Crippen LogP contribution >= 0.6 is 11.6 Å². The number of ether oxygens (including phenoxy) is 1. The number of methoxy groups -OCH3 is 1. The Labute approximate surface area is 168 Å². The van der Waals surface area contributed by atoms with E-state index in [2.05, 4.69) is 15.5 Å². The molecule has 1 heterocycles. The molecule has 3 aromatic rings. The summed E-state index contributed by atoms with van der Waals surface area (Å²) in [7, 11) is 1.61. The molecule has 0 aliphatic carbocycles. The van der Waals surface area contributed by atoms with E-state index in [9.17, 15) is 4.79 Å². The second-order valence-corrected chi connectivity index (χ2v) is 6.84. The highest BCUT2D eigenvalue weighted by molar-refractivity contribution is 6.30. The van der Waals surface area contributed by atoms with Crippen molar-refractivity contribution in [3.05, 3.63) is 59.4 Å². The molecule has 146 valence electrons. The van der Waals surface area contributed by atoms with E-state index < -0.39 is 0 Å². The number of hydrogen-bond acceptors (Lipinski definition) is 5. The number of nitrogens with one attached hydrogen (secondary N) is 1. The lowest BCUT2D eigenvalue weighted by molar-refractivity contribution is 0.182. The Bertz CT molecular complexity index is 941. The van der Waals surface area contributed by atoms with Crippen LogP contribution in [0.2, 0.25) is 5.02 Å². The molecule has 0 spiro atoms. The van der Waals surface area contributed by atoms with Crippen LogP contribution in [-0.4, -0.2) is 34.2 Å². The van der Waals surface area contributed by atoms with Crippen molar-refractivity contribution >= 4 is 23.3 Å². The molecule has 0 saturated heterocycles. The van der Waals surface area contributed by atoms with Gasteiger partial charge in [-0.15, -0.1) is 0 Å². The summed E-state index contributed by atoms with van der Waals surface area (Å²) in [5.41, 5.74) is 1.42. The van der Waals surface area contributed by atoms with Gasteiger partial charge in [-0.1, -0.05) is 22.8 Å². The normalized spacial score (nSPS) is 10.8. The third-order valence-electron chi connectivity index (χ3n) is 4.08. The van der Waals surface area contributed by atoms with Crippen LogP contribution in [0.3, 0.4) is 0 Å². The standard InChI is InChI=1S/C20H21ClN4O3/c1-13(2)25(20(26)22-16-6-4-5-15(21)11-16)12-18-23-19(24-28-18)14-7-9-17(27-3)10-8-14/h4-11,13H,12H2,1-3H3,(H,22,26). The summed E-state index contributed by atoms with van der Waals surface area (Å²) in [6.45, 7) is 4.02. The van der Waals surface area contributed by atoms with E-state index in [1.54, 1.807) is 36.3 Å². The zero-order valence-corrected chi connectivity index (χ0v) is 16.6. The molecule has 0 aliphatic heterocycles. The first kappa shape index (κ1) is 19.7. The van der Waals surface area contributed by atoms with Gasteiger partial charge in [-0.2, -0.15) is 4.98 Å². The smallest absolute Gasteiger partial charge is 0.322 e. The molecule has 2 aromatic carbocycles. The van der Waals surface area contributed by atoms with Gasteiger partial charge >= 0.3 is 6.03 Å². The van der Waals surface area contributed by atoms with Crippen molar-refractivity contribution in [1.29, 1.82) is 0 Å². The first-order chi connectivity index (χ1) is 13.5. The predicted octanol–water partition coefficient (Wildman–Crippen LogP) is 4.84. The summed E-state index contributed by atoms with van der Waals surface area (Å²) in [5.74, 6) is 1.55. The van der Waals surface area contributed by atoms with Crippen molar-refractivity contribution in [2.75, 3.05) is 12.4 Å². The zero-order valence-electron chi connectivity index (χ0n) is 15.8. The number of hydrogen-bond donors (Lipinski definition) is 1. The number of aromatic nitrogens is 2. The maximum absolute atomic E-state index is 12.7. The molecule has 0 radical (unpaired) electrons. The van der Waals surface area contributed by atoms with Crippen LogP contribution in [0.4, 0.5) is 10.5 Å². The number of rotatable bonds is 6. The van der Waals surface area contributed by atoms with Crippen LogP contribution in [0.25, 0.3) is 11.4 Å². The fourth-order valence-electron chi connectivity index (χ4n) is 2.57. The summed E-state index contributed by atoms with van der Waals surface area (Å²) in [4.78, 5) is 18.7. The van der Waals surface area contributed by atoms with E-state index in [1.165, 1.54) is 0 Å². The number of urea groups is 1. The molecular weight excluding hydrogens is 380 g/mol. The van der Waals surface area contributed by atoms with Gasteiger partial charge in [0.2, 0.25) is 11.7 Å². The maximum atomic E-state index is 12.7. The Morgan fingerprint density at radius 1 is 1.25 bits per heavy atom. The van der Waals surface area contributed by atoms with E-state index >= 15 is 0 Å². The van der Waals surface area contributed by atoms with Gasteiger partial charge in [-0.3, -0.25) is 0 Å². The molecule has 0 atom stereocenters. The van der Waals surface area contributed by atoms with Crippen molar-refractivity contribution in [3.8, 4) is 17.1 Å². The quantitative estimate of drug-likeness (QED) is 0.640. The summed E-state index contributed by atoms with van der Waals surface area (Å²) in [5, 5.41) is 7.39. The highest BCUT2D eigenvalue weighted by Crippen LogP contribution is 2.21. The molecule has 8 heteroatoms. The molecule has 1 N–H and O–H groups in total. The fourth-order valence-corrected chi connectivity index (χ4v) is 2.76. The molecule has 28 heavy (non-hydrogen) atoms. The Kier molecular flexibility index (Phi) is 6.16. The van der Waals surface area contributed by atoms with Gasteiger partial charge in [0.05, 0.1) is 7.11 Å². The van der Waals surface area contributed by atoms with Gasteiger partial charge in [0.15, 0.2) is 0 Å². The Morgan fingerprint density at radius 2 is 2.00 bits per heavy atom. The number of nitrogens with zero attached hydrogens (tertiary/aromatic N) is 3. The third kappa shape index (κ3) is 4.80. The van der Waals surface area contributed by atoms with Crippen LogP contribution in [0.5, 0.6) is 5.75 Å². The van der Waals surface area contributed by atoms with Gasteiger partial charge < -0.3 is 19.5 Å². The van der Waals surface area contributed by atoms with Gasteiger partial charge in [0, 0.05) is 22.3 Å². The minimum absolute atomic E-state index is 0.0736. The highest BCUT2D eigenvalue weighted by Gasteiger charge is 2.21. The average molecular weight is 401 g/mol. The number of amides is 2. The SMILES string of the molecule is COc1ccc(-c2noc(CN(C(=O)Nc3cccc(Cl)c3)C(C)C)n2)cc1. The molecule has 2 amide bonds. The lowest BCUT2D eigenvalue weighted by atomic mass is 10.2. The molecule has 3 rings (SSSR count). The van der Waals surface area contributed by atoms with Crippen LogP contribution in [-0.2, 0) is 6.54 Å². The largest absolute Gasteiger partial charge is 0.497 e. The van der Waals surface area contributed by atoms with Crippen molar-refractivity contribution < 1.29 is 14.1 Å². The van der Waals surface area contributed by atoms with Crippen LogP contribution in [0.1, 0.15) is 19.7 Å². The van der Waals surface area contributed by atoms with Crippen molar-refractivity contribution in [2.45, 2.75) is 26.4 Å². The molecule has 7 nitrogen and oxygen atoms in total. The van der Waals surface area contributed by atoms with E-state index in [-0.39, 0.29) is 18.6 Å².